The molecule has 0 aromatic heterocycles. The van der Waals surface area contributed by atoms with E-state index in [9.17, 15) is 14.7 Å². The smallest absolute Gasteiger partial charge is 0.328 e. The van der Waals surface area contributed by atoms with Gasteiger partial charge in [0.15, 0.2) is 0 Å². The first-order valence-electron chi connectivity index (χ1n) is 9.21. The third-order valence-corrected chi connectivity index (χ3v) is 6.91. The Morgan fingerprint density at radius 1 is 1.12 bits per heavy atom. The zero-order chi connectivity index (χ0) is 18.1. The molecule has 136 valence electrons. The standard InChI is InChI=1S/C20H32O4/c1-13(12-17(21)22)6-8-15-14(18(23)24)7-9-16-19(2,3)10-5-11-20(15,16)4/h12,14-16H,5-11H2,1-4H3,(H,21,22)(H,23,24)/b13-12+/t14-,15-,16-,20+/m1/s1. The van der Waals surface area contributed by atoms with Crippen molar-refractivity contribution in [3.05, 3.63) is 11.6 Å². The fraction of sp³-hybridized carbons (Fsp3) is 0.800. The van der Waals surface area contributed by atoms with Crippen LogP contribution in [0.3, 0.4) is 0 Å². The average molecular weight is 336 g/mol. The van der Waals surface area contributed by atoms with Crippen LogP contribution in [0.1, 0.15) is 72.6 Å². The Kier molecular flexibility index (Phi) is 5.46. The summed E-state index contributed by atoms with van der Waals surface area (Å²) in [5.41, 5.74) is 1.14. The molecule has 0 aromatic carbocycles. The van der Waals surface area contributed by atoms with Gasteiger partial charge in [-0.3, -0.25) is 4.79 Å². The fourth-order valence-electron chi connectivity index (χ4n) is 5.83. The van der Waals surface area contributed by atoms with Gasteiger partial charge in [-0.1, -0.05) is 32.8 Å². The highest BCUT2D eigenvalue weighted by Gasteiger charge is 2.55. The quantitative estimate of drug-likeness (QED) is 0.711. The summed E-state index contributed by atoms with van der Waals surface area (Å²) in [6.45, 7) is 8.80. The largest absolute Gasteiger partial charge is 0.481 e. The molecular weight excluding hydrogens is 304 g/mol. The lowest BCUT2D eigenvalue weighted by Gasteiger charge is -2.59. The Bertz CT molecular complexity index is 534. The molecule has 2 aliphatic carbocycles. The summed E-state index contributed by atoms with van der Waals surface area (Å²) in [6, 6.07) is 0. The van der Waals surface area contributed by atoms with Gasteiger partial charge in [-0.2, -0.15) is 0 Å². The molecule has 4 nitrogen and oxygen atoms in total. The first-order valence-corrected chi connectivity index (χ1v) is 9.21. The van der Waals surface area contributed by atoms with Crippen molar-refractivity contribution in [2.45, 2.75) is 72.6 Å². The molecule has 4 atom stereocenters. The Balaban J connectivity index is 2.27. The molecule has 0 bridgehead atoms. The van der Waals surface area contributed by atoms with Gasteiger partial charge in [-0.05, 0) is 68.1 Å². The van der Waals surface area contributed by atoms with Gasteiger partial charge < -0.3 is 10.2 Å². The van der Waals surface area contributed by atoms with E-state index in [4.69, 9.17) is 5.11 Å². The second-order valence-electron chi connectivity index (χ2n) is 8.90. The first-order chi connectivity index (χ1) is 11.1. The number of carboxylic acid groups (broad SMARTS) is 2. The normalized spacial score (nSPS) is 36.0. The third-order valence-electron chi connectivity index (χ3n) is 6.91. The van der Waals surface area contributed by atoms with E-state index >= 15 is 0 Å². The van der Waals surface area contributed by atoms with E-state index in [2.05, 4.69) is 20.8 Å². The summed E-state index contributed by atoms with van der Waals surface area (Å²) in [4.78, 5) is 22.7. The molecule has 2 aliphatic rings. The van der Waals surface area contributed by atoms with Gasteiger partial charge >= 0.3 is 11.9 Å². The Hall–Kier alpha value is -1.32. The van der Waals surface area contributed by atoms with Crippen molar-refractivity contribution in [3.63, 3.8) is 0 Å². The van der Waals surface area contributed by atoms with Gasteiger partial charge in [0.25, 0.3) is 0 Å². The highest BCUT2D eigenvalue weighted by Crippen LogP contribution is 2.62. The van der Waals surface area contributed by atoms with Crippen LogP contribution in [0.25, 0.3) is 0 Å². The molecule has 2 fully saturated rings. The maximum atomic E-state index is 11.9. The van der Waals surface area contributed by atoms with E-state index < -0.39 is 11.9 Å². The van der Waals surface area contributed by atoms with Crippen molar-refractivity contribution in [1.82, 2.24) is 0 Å². The van der Waals surface area contributed by atoms with Crippen LogP contribution in [0.4, 0.5) is 0 Å². The third kappa shape index (κ3) is 3.68. The zero-order valence-electron chi connectivity index (χ0n) is 15.5. The average Bonchev–Trinajstić information content (AvgIpc) is 2.43. The van der Waals surface area contributed by atoms with E-state index in [0.717, 1.165) is 37.7 Å². The summed E-state index contributed by atoms with van der Waals surface area (Å²) in [7, 11) is 0. The minimum absolute atomic E-state index is 0.0482. The molecule has 0 radical (unpaired) electrons. The van der Waals surface area contributed by atoms with Crippen LogP contribution in [0.15, 0.2) is 11.6 Å². The van der Waals surface area contributed by atoms with Gasteiger partial charge in [0.1, 0.15) is 0 Å². The number of hydrogen-bond donors (Lipinski definition) is 2. The molecule has 4 heteroatoms. The molecule has 24 heavy (non-hydrogen) atoms. The predicted molar refractivity (Wildman–Crippen MR) is 93.7 cm³/mol. The van der Waals surface area contributed by atoms with Crippen LogP contribution < -0.4 is 0 Å². The number of allylic oxidation sites excluding steroid dienone is 1. The van der Waals surface area contributed by atoms with Gasteiger partial charge in [-0.15, -0.1) is 0 Å². The molecule has 0 saturated heterocycles. The lowest BCUT2D eigenvalue weighted by atomic mass is 9.46. The number of aliphatic carboxylic acids is 2. The lowest BCUT2D eigenvalue weighted by molar-refractivity contribution is -0.158. The summed E-state index contributed by atoms with van der Waals surface area (Å²) >= 11 is 0. The molecule has 0 heterocycles. The van der Waals surface area contributed by atoms with E-state index in [1.165, 1.54) is 12.5 Å². The van der Waals surface area contributed by atoms with Gasteiger partial charge in [0, 0.05) is 6.08 Å². The maximum absolute atomic E-state index is 11.9. The molecule has 2 N–H and O–H groups in total. The van der Waals surface area contributed by atoms with E-state index in [1.54, 1.807) is 0 Å². The van der Waals surface area contributed by atoms with Crippen LogP contribution in [0.2, 0.25) is 0 Å². The van der Waals surface area contributed by atoms with Crippen LogP contribution in [0.5, 0.6) is 0 Å². The fourth-order valence-corrected chi connectivity index (χ4v) is 5.83. The van der Waals surface area contributed by atoms with Crippen molar-refractivity contribution in [1.29, 1.82) is 0 Å². The predicted octanol–water partition coefficient (Wildman–Crippen LogP) is 4.74. The molecule has 2 rings (SSSR count). The number of rotatable bonds is 5. The number of carbonyl (C=O) groups is 2. The van der Waals surface area contributed by atoms with Gasteiger partial charge in [-0.25, -0.2) is 4.79 Å². The van der Waals surface area contributed by atoms with E-state index in [0.29, 0.717) is 12.3 Å². The Morgan fingerprint density at radius 2 is 1.79 bits per heavy atom. The number of carboxylic acids is 2. The molecule has 0 amide bonds. The topological polar surface area (TPSA) is 74.6 Å². The van der Waals surface area contributed by atoms with Gasteiger partial charge in [0.05, 0.1) is 5.92 Å². The monoisotopic (exact) mass is 336 g/mol. The second-order valence-corrected chi connectivity index (χ2v) is 8.90. The van der Waals surface area contributed by atoms with Crippen LogP contribution in [-0.4, -0.2) is 22.2 Å². The SMILES string of the molecule is C/C(=C\C(=O)O)CC[C@@H]1[C@H](C(=O)O)CC[C@@H]2C(C)(C)CCC[C@@]12C. The summed E-state index contributed by atoms with van der Waals surface area (Å²) in [6.07, 6.45) is 7.92. The van der Waals surface area contributed by atoms with Crippen molar-refractivity contribution in [3.8, 4) is 0 Å². The minimum Gasteiger partial charge on any atom is -0.481 e. The molecule has 0 aliphatic heterocycles. The number of fused-ring (bicyclic) bond motifs is 1. The van der Waals surface area contributed by atoms with Crippen molar-refractivity contribution in [2.75, 3.05) is 0 Å². The lowest BCUT2D eigenvalue weighted by Crippen LogP contribution is -2.52. The van der Waals surface area contributed by atoms with Crippen LogP contribution in [-0.2, 0) is 9.59 Å². The van der Waals surface area contributed by atoms with Crippen molar-refractivity contribution in [2.24, 2.45) is 28.6 Å². The summed E-state index contributed by atoms with van der Waals surface area (Å²) in [5, 5.41) is 18.6. The Morgan fingerprint density at radius 3 is 2.38 bits per heavy atom. The zero-order valence-corrected chi connectivity index (χ0v) is 15.5. The molecular formula is C20H32O4. The first kappa shape index (κ1) is 19.0. The maximum Gasteiger partial charge on any atom is 0.328 e. The van der Waals surface area contributed by atoms with E-state index in [-0.39, 0.29) is 22.7 Å². The summed E-state index contributed by atoms with van der Waals surface area (Å²) in [5.74, 6) is -1.21. The van der Waals surface area contributed by atoms with Gasteiger partial charge in [0.2, 0.25) is 0 Å². The molecule has 2 saturated carbocycles. The minimum atomic E-state index is -0.922. The van der Waals surface area contributed by atoms with Crippen molar-refractivity contribution < 1.29 is 19.8 Å². The molecule has 0 aromatic rings. The van der Waals surface area contributed by atoms with Crippen LogP contribution in [0, 0.1) is 28.6 Å². The Labute approximate surface area is 145 Å². The van der Waals surface area contributed by atoms with E-state index in [1.807, 2.05) is 6.92 Å². The highest BCUT2D eigenvalue weighted by atomic mass is 16.4. The summed E-state index contributed by atoms with van der Waals surface area (Å²) < 4.78 is 0. The number of hydrogen-bond acceptors (Lipinski definition) is 2. The molecule has 0 unspecified atom stereocenters. The molecule has 0 spiro atoms. The van der Waals surface area contributed by atoms with Crippen molar-refractivity contribution >= 4 is 11.9 Å². The van der Waals surface area contributed by atoms with Crippen LogP contribution >= 0.6 is 0 Å². The highest BCUT2D eigenvalue weighted by molar-refractivity contribution is 5.80. The second kappa shape index (κ2) is 6.89.